The maximum atomic E-state index is 13.6. The summed E-state index contributed by atoms with van der Waals surface area (Å²) in [5.41, 5.74) is 1.87. The first-order valence-corrected chi connectivity index (χ1v) is 11.7. The van der Waals surface area contributed by atoms with Crippen molar-refractivity contribution in [2.45, 2.75) is 38.8 Å². The van der Waals surface area contributed by atoms with Crippen molar-refractivity contribution in [3.63, 3.8) is 0 Å². The van der Waals surface area contributed by atoms with Crippen LogP contribution >= 0.6 is 0 Å². The lowest BCUT2D eigenvalue weighted by Crippen LogP contribution is -2.52. The summed E-state index contributed by atoms with van der Waals surface area (Å²) in [6.07, 6.45) is 3.86. The van der Waals surface area contributed by atoms with Crippen LogP contribution in [-0.4, -0.2) is 41.4 Å². The first-order chi connectivity index (χ1) is 17.0. The van der Waals surface area contributed by atoms with Gasteiger partial charge >= 0.3 is 0 Å². The Bertz CT molecular complexity index is 1210. The van der Waals surface area contributed by atoms with Crippen molar-refractivity contribution in [3.05, 3.63) is 84.2 Å². The molecule has 0 spiro atoms. The van der Waals surface area contributed by atoms with E-state index in [-0.39, 0.29) is 30.3 Å². The van der Waals surface area contributed by atoms with E-state index in [2.05, 4.69) is 15.6 Å². The molecule has 2 N–H and O–H groups in total. The Morgan fingerprint density at radius 1 is 1.03 bits per heavy atom. The third-order valence-electron chi connectivity index (χ3n) is 5.93. The quantitative estimate of drug-likeness (QED) is 0.540. The zero-order valence-electron chi connectivity index (χ0n) is 19.7. The van der Waals surface area contributed by atoms with Crippen LogP contribution in [0.3, 0.4) is 0 Å². The van der Waals surface area contributed by atoms with Gasteiger partial charge in [0.15, 0.2) is 6.10 Å². The summed E-state index contributed by atoms with van der Waals surface area (Å²) in [7, 11) is 0. The number of aromatic nitrogens is 1. The topological polar surface area (TPSA) is 101 Å². The van der Waals surface area contributed by atoms with E-state index in [1.807, 2.05) is 19.9 Å². The molecule has 1 aliphatic heterocycles. The summed E-state index contributed by atoms with van der Waals surface area (Å²) in [6.45, 7) is 4.11. The highest BCUT2D eigenvalue weighted by Crippen LogP contribution is 2.34. The van der Waals surface area contributed by atoms with E-state index >= 15 is 0 Å². The molecule has 3 amide bonds. The first-order valence-electron chi connectivity index (χ1n) is 11.7. The van der Waals surface area contributed by atoms with Gasteiger partial charge in [-0.15, -0.1) is 0 Å². The Hall–Kier alpha value is -4.20. The number of ether oxygens (including phenoxy) is 1. The number of hydrogen-bond donors (Lipinski definition) is 2. The van der Waals surface area contributed by atoms with Crippen molar-refractivity contribution in [2.75, 3.05) is 16.8 Å². The maximum Gasteiger partial charge on any atom is 0.263 e. The number of nitrogens with one attached hydrogen (secondary N) is 2. The van der Waals surface area contributed by atoms with Gasteiger partial charge in [-0.3, -0.25) is 19.4 Å². The van der Waals surface area contributed by atoms with Gasteiger partial charge in [0.2, 0.25) is 0 Å². The van der Waals surface area contributed by atoms with Gasteiger partial charge in [0.25, 0.3) is 17.7 Å². The predicted molar refractivity (Wildman–Crippen MR) is 134 cm³/mol. The second-order valence-corrected chi connectivity index (χ2v) is 8.29. The van der Waals surface area contributed by atoms with E-state index < -0.39 is 6.10 Å². The Morgan fingerprint density at radius 3 is 2.54 bits per heavy atom. The van der Waals surface area contributed by atoms with Gasteiger partial charge in [-0.05, 0) is 55.3 Å². The minimum Gasteiger partial charge on any atom is -0.477 e. The Labute approximate surface area is 204 Å². The second-order valence-electron chi connectivity index (χ2n) is 8.29. The Balaban J connectivity index is 1.56. The summed E-state index contributed by atoms with van der Waals surface area (Å²) in [6, 6.07) is 17.3. The first kappa shape index (κ1) is 23.9. The standard InChI is InChI=1S/C27H28N4O4/c1-3-20(4-2)29-26(33)24-17-31(22-12-5-6-13-23(22)35-24)27(34)18-9-7-11-21(15-18)30-25(32)19-10-8-14-28-16-19/h5-16,20,24H,3-4,17H2,1-2H3,(H,29,33)(H,30,32). The molecular weight excluding hydrogens is 444 g/mol. The molecule has 4 rings (SSSR count). The minimum atomic E-state index is -0.831. The number of benzene rings is 2. The summed E-state index contributed by atoms with van der Waals surface area (Å²) in [5.74, 6) is -0.391. The van der Waals surface area contributed by atoms with Crippen LogP contribution in [0.15, 0.2) is 73.1 Å². The molecule has 3 aromatic rings. The molecule has 0 bridgehead atoms. The van der Waals surface area contributed by atoms with Crippen molar-refractivity contribution in [2.24, 2.45) is 0 Å². The van der Waals surface area contributed by atoms with Gasteiger partial charge in [-0.2, -0.15) is 0 Å². The molecule has 8 heteroatoms. The third kappa shape index (κ3) is 5.48. The van der Waals surface area contributed by atoms with Crippen LogP contribution in [0.1, 0.15) is 47.4 Å². The van der Waals surface area contributed by atoms with Crippen molar-refractivity contribution in [3.8, 4) is 5.75 Å². The number of hydrogen-bond acceptors (Lipinski definition) is 5. The molecule has 0 fully saturated rings. The molecule has 1 unspecified atom stereocenters. The monoisotopic (exact) mass is 472 g/mol. The number of carbonyl (C=O) groups is 3. The molecule has 1 aromatic heterocycles. The zero-order valence-corrected chi connectivity index (χ0v) is 19.7. The second kappa shape index (κ2) is 10.8. The minimum absolute atomic E-state index is 0.0486. The average Bonchev–Trinajstić information content (AvgIpc) is 2.91. The molecule has 1 aliphatic rings. The lowest BCUT2D eigenvalue weighted by molar-refractivity contribution is -0.128. The van der Waals surface area contributed by atoms with Crippen LogP contribution in [0.5, 0.6) is 5.75 Å². The number of anilines is 2. The van der Waals surface area contributed by atoms with Gasteiger partial charge in [0.1, 0.15) is 5.75 Å². The Morgan fingerprint density at radius 2 is 1.80 bits per heavy atom. The number of nitrogens with zero attached hydrogens (tertiary/aromatic N) is 2. The van der Waals surface area contributed by atoms with Crippen molar-refractivity contribution in [1.29, 1.82) is 0 Å². The molecule has 8 nitrogen and oxygen atoms in total. The van der Waals surface area contributed by atoms with Crippen LogP contribution in [-0.2, 0) is 4.79 Å². The number of para-hydroxylation sites is 2. The number of pyridine rings is 1. The van der Waals surface area contributed by atoms with Crippen LogP contribution in [0.25, 0.3) is 0 Å². The Kier molecular flexibility index (Phi) is 7.40. The lowest BCUT2D eigenvalue weighted by atomic mass is 10.1. The van der Waals surface area contributed by atoms with E-state index in [4.69, 9.17) is 4.74 Å². The lowest BCUT2D eigenvalue weighted by Gasteiger charge is -2.34. The fourth-order valence-electron chi connectivity index (χ4n) is 3.94. The summed E-state index contributed by atoms with van der Waals surface area (Å²) < 4.78 is 5.96. The number of rotatable bonds is 7. The smallest absolute Gasteiger partial charge is 0.263 e. The zero-order chi connectivity index (χ0) is 24.8. The van der Waals surface area contributed by atoms with E-state index in [9.17, 15) is 14.4 Å². The number of carbonyl (C=O) groups excluding carboxylic acids is 3. The molecule has 35 heavy (non-hydrogen) atoms. The van der Waals surface area contributed by atoms with E-state index in [0.29, 0.717) is 28.3 Å². The van der Waals surface area contributed by atoms with Gasteiger partial charge in [0, 0.05) is 29.7 Å². The number of fused-ring (bicyclic) bond motifs is 1. The molecule has 2 heterocycles. The third-order valence-corrected chi connectivity index (χ3v) is 5.93. The van der Waals surface area contributed by atoms with Crippen LogP contribution < -0.4 is 20.3 Å². The normalized spacial score (nSPS) is 14.6. The van der Waals surface area contributed by atoms with Gasteiger partial charge in [-0.1, -0.05) is 32.0 Å². The summed E-state index contributed by atoms with van der Waals surface area (Å²) >= 11 is 0. The largest absolute Gasteiger partial charge is 0.477 e. The molecule has 2 aromatic carbocycles. The molecular formula is C27H28N4O4. The van der Waals surface area contributed by atoms with Crippen molar-refractivity contribution in [1.82, 2.24) is 10.3 Å². The van der Waals surface area contributed by atoms with Crippen molar-refractivity contribution >= 4 is 29.1 Å². The van der Waals surface area contributed by atoms with E-state index in [1.165, 1.54) is 6.20 Å². The van der Waals surface area contributed by atoms with Crippen LogP contribution in [0.2, 0.25) is 0 Å². The molecule has 0 saturated heterocycles. The highest BCUT2D eigenvalue weighted by Gasteiger charge is 2.34. The van der Waals surface area contributed by atoms with Gasteiger partial charge in [0.05, 0.1) is 17.8 Å². The van der Waals surface area contributed by atoms with Crippen LogP contribution in [0, 0.1) is 0 Å². The van der Waals surface area contributed by atoms with Crippen molar-refractivity contribution < 1.29 is 19.1 Å². The van der Waals surface area contributed by atoms with Crippen LogP contribution in [0.4, 0.5) is 11.4 Å². The van der Waals surface area contributed by atoms with E-state index in [1.54, 1.807) is 65.7 Å². The van der Waals surface area contributed by atoms with E-state index in [0.717, 1.165) is 12.8 Å². The SMILES string of the molecule is CCC(CC)NC(=O)C1CN(C(=O)c2cccc(NC(=O)c3cccnc3)c2)c2ccccc2O1. The fourth-order valence-corrected chi connectivity index (χ4v) is 3.94. The molecule has 1 atom stereocenters. The molecule has 0 saturated carbocycles. The number of amides is 3. The molecule has 0 aliphatic carbocycles. The summed E-state index contributed by atoms with van der Waals surface area (Å²) in [5, 5.41) is 5.81. The van der Waals surface area contributed by atoms with Gasteiger partial charge < -0.3 is 20.3 Å². The summed E-state index contributed by atoms with van der Waals surface area (Å²) in [4.78, 5) is 44.5. The van der Waals surface area contributed by atoms with Gasteiger partial charge in [-0.25, -0.2) is 0 Å². The predicted octanol–water partition coefficient (Wildman–Crippen LogP) is 4.05. The maximum absolute atomic E-state index is 13.6. The highest BCUT2D eigenvalue weighted by molar-refractivity contribution is 6.09. The molecule has 180 valence electrons. The average molecular weight is 473 g/mol. The molecule has 0 radical (unpaired) electrons. The highest BCUT2D eigenvalue weighted by atomic mass is 16.5. The fraction of sp³-hybridized carbons (Fsp3) is 0.259.